The molecule has 0 radical (unpaired) electrons. The van der Waals surface area contributed by atoms with E-state index < -0.39 is 29.0 Å². The molecule has 1 aromatic carbocycles. The SMILES string of the molecule is CCN1CCCn2c(-c3cc(Cl)c(F)cc3F)nc(C(=O)NC(C(=O)NC)C(C)(C)C)c2C1. The first-order valence-electron chi connectivity index (χ1n) is 11.0. The van der Waals surface area contributed by atoms with Crippen molar-refractivity contribution in [1.82, 2.24) is 25.1 Å². The molecule has 2 N–H and O–H groups in total. The van der Waals surface area contributed by atoms with Crippen LogP contribution in [0.4, 0.5) is 8.78 Å². The van der Waals surface area contributed by atoms with Crippen LogP contribution in [0.2, 0.25) is 5.02 Å². The van der Waals surface area contributed by atoms with E-state index >= 15 is 0 Å². The molecule has 7 nitrogen and oxygen atoms in total. The van der Waals surface area contributed by atoms with Crippen LogP contribution in [0, 0.1) is 17.0 Å². The second-order valence-electron chi connectivity index (χ2n) is 9.24. The lowest BCUT2D eigenvalue weighted by Crippen LogP contribution is -2.53. The summed E-state index contributed by atoms with van der Waals surface area (Å²) in [4.78, 5) is 32.5. The molecule has 2 heterocycles. The minimum atomic E-state index is -0.866. The standard InChI is InChI=1S/C23H30ClF2N5O2/c1-6-30-8-7-9-31-17(12-30)18(21(32)29-19(22(33)27-5)23(2,3)4)28-20(31)13-10-14(24)16(26)11-15(13)25/h10-11,19H,6-9,12H2,1-5H3,(H,27,33)(H,29,32). The zero-order valence-electron chi connectivity index (χ0n) is 19.6. The van der Waals surface area contributed by atoms with Gasteiger partial charge in [-0.15, -0.1) is 0 Å². The van der Waals surface area contributed by atoms with Crippen molar-refractivity contribution in [2.75, 3.05) is 20.1 Å². The van der Waals surface area contributed by atoms with Crippen molar-refractivity contribution in [3.63, 3.8) is 0 Å². The topological polar surface area (TPSA) is 79.3 Å². The number of fused-ring (bicyclic) bond motifs is 1. The van der Waals surface area contributed by atoms with Crippen molar-refractivity contribution in [3.8, 4) is 11.4 Å². The maximum Gasteiger partial charge on any atom is 0.272 e. The Bertz CT molecular complexity index is 1060. The average Bonchev–Trinajstić information content (AvgIpc) is 2.96. The Morgan fingerprint density at radius 1 is 1.21 bits per heavy atom. The number of rotatable bonds is 5. The zero-order chi connectivity index (χ0) is 24.5. The fourth-order valence-corrected chi connectivity index (χ4v) is 4.16. The number of imidazole rings is 1. The van der Waals surface area contributed by atoms with Crippen LogP contribution in [-0.2, 0) is 17.9 Å². The van der Waals surface area contributed by atoms with Crippen LogP contribution < -0.4 is 10.6 Å². The Morgan fingerprint density at radius 3 is 2.52 bits per heavy atom. The highest BCUT2D eigenvalue weighted by Crippen LogP contribution is 2.31. The van der Waals surface area contributed by atoms with Gasteiger partial charge in [0.1, 0.15) is 23.5 Å². The molecule has 3 rings (SSSR count). The Kier molecular flexibility index (Phi) is 7.43. The number of likely N-dealkylation sites (N-methyl/N-ethyl adjacent to an activating group) is 1. The highest BCUT2D eigenvalue weighted by Gasteiger charge is 2.35. The molecule has 1 aliphatic heterocycles. The van der Waals surface area contributed by atoms with Crippen LogP contribution in [0.5, 0.6) is 0 Å². The Hall–Kier alpha value is -2.52. The lowest BCUT2D eigenvalue weighted by atomic mass is 9.86. The third-order valence-electron chi connectivity index (χ3n) is 5.87. The van der Waals surface area contributed by atoms with Gasteiger partial charge in [-0.05, 0) is 24.4 Å². The van der Waals surface area contributed by atoms with E-state index in [0.717, 1.165) is 25.6 Å². The van der Waals surface area contributed by atoms with E-state index in [4.69, 9.17) is 11.6 Å². The van der Waals surface area contributed by atoms with E-state index in [2.05, 4.69) is 20.5 Å². The van der Waals surface area contributed by atoms with Gasteiger partial charge in [0.05, 0.1) is 16.3 Å². The molecule has 2 aromatic rings. The number of carbonyl (C=O) groups is 2. The van der Waals surface area contributed by atoms with Crippen molar-refractivity contribution in [1.29, 1.82) is 0 Å². The first-order valence-corrected chi connectivity index (χ1v) is 11.3. The molecule has 10 heteroatoms. The minimum Gasteiger partial charge on any atom is -0.357 e. The molecule has 1 unspecified atom stereocenters. The van der Waals surface area contributed by atoms with Crippen LogP contribution in [0.1, 0.15) is 50.3 Å². The van der Waals surface area contributed by atoms with Gasteiger partial charge < -0.3 is 15.2 Å². The van der Waals surface area contributed by atoms with Gasteiger partial charge >= 0.3 is 0 Å². The normalized spacial score (nSPS) is 15.5. The maximum absolute atomic E-state index is 14.7. The second-order valence-corrected chi connectivity index (χ2v) is 9.64. The number of hydrogen-bond donors (Lipinski definition) is 2. The average molecular weight is 482 g/mol. The number of carbonyl (C=O) groups excluding carboxylic acids is 2. The molecule has 2 amide bonds. The summed E-state index contributed by atoms with van der Waals surface area (Å²) in [5.41, 5.74) is 0.196. The van der Waals surface area contributed by atoms with Crippen LogP contribution >= 0.6 is 11.6 Å². The van der Waals surface area contributed by atoms with Gasteiger partial charge in [-0.25, -0.2) is 13.8 Å². The predicted molar refractivity (Wildman–Crippen MR) is 123 cm³/mol. The molecule has 1 aliphatic rings. The molecule has 180 valence electrons. The highest BCUT2D eigenvalue weighted by atomic mass is 35.5. The maximum atomic E-state index is 14.7. The van der Waals surface area contributed by atoms with Gasteiger partial charge in [-0.1, -0.05) is 39.3 Å². The third-order valence-corrected chi connectivity index (χ3v) is 6.15. The number of nitrogens with one attached hydrogen (secondary N) is 2. The summed E-state index contributed by atoms with van der Waals surface area (Å²) in [7, 11) is 1.51. The summed E-state index contributed by atoms with van der Waals surface area (Å²) in [6.07, 6.45) is 0.769. The fourth-order valence-electron chi connectivity index (χ4n) is 4.00. The smallest absolute Gasteiger partial charge is 0.272 e. The van der Waals surface area contributed by atoms with Crippen molar-refractivity contribution in [2.24, 2.45) is 5.41 Å². The van der Waals surface area contributed by atoms with Gasteiger partial charge in [0.15, 0.2) is 5.69 Å². The van der Waals surface area contributed by atoms with Crippen molar-refractivity contribution in [2.45, 2.75) is 53.2 Å². The molecule has 33 heavy (non-hydrogen) atoms. The Morgan fingerprint density at radius 2 is 1.91 bits per heavy atom. The van der Waals surface area contributed by atoms with Crippen LogP contribution in [0.3, 0.4) is 0 Å². The van der Waals surface area contributed by atoms with E-state index in [9.17, 15) is 18.4 Å². The number of amides is 2. The largest absolute Gasteiger partial charge is 0.357 e. The summed E-state index contributed by atoms with van der Waals surface area (Å²) in [5.74, 6) is -2.33. The Labute approximate surface area is 197 Å². The second kappa shape index (κ2) is 9.77. The first-order chi connectivity index (χ1) is 15.5. The summed E-state index contributed by atoms with van der Waals surface area (Å²) in [5, 5.41) is 5.15. The van der Waals surface area contributed by atoms with Gasteiger partial charge in [-0.2, -0.15) is 0 Å². The van der Waals surface area contributed by atoms with E-state index in [1.165, 1.54) is 13.1 Å². The molecule has 0 saturated heterocycles. The van der Waals surface area contributed by atoms with Crippen molar-refractivity contribution in [3.05, 3.63) is 40.2 Å². The summed E-state index contributed by atoms with van der Waals surface area (Å²) in [6.45, 7) is 10.1. The first kappa shape index (κ1) is 25.1. The monoisotopic (exact) mass is 481 g/mol. The molecular formula is C23H30ClF2N5O2. The molecule has 0 saturated carbocycles. The van der Waals surface area contributed by atoms with E-state index in [0.29, 0.717) is 18.8 Å². The van der Waals surface area contributed by atoms with Crippen LogP contribution in [0.15, 0.2) is 12.1 Å². The van der Waals surface area contributed by atoms with E-state index in [-0.39, 0.29) is 28.0 Å². The summed E-state index contributed by atoms with van der Waals surface area (Å²) < 4.78 is 30.3. The lowest BCUT2D eigenvalue weighted by molar-refractivity contribution is -0.124. The molecular weight excluding hydrogens is 452 g/mol. The fraction of sp³-hybridized carbons (Fsp3) is 0.522. The quantitative estimate of drug-likeness (QED) is 0.639. The van der Waals surface area contributed by atoms with Gasteiger partial charge in [-0.3, -0.25) is 14.5 Å². The van der Waals surface area contributed by atoms with E-state index in [1.807, 2.05) is 27.7 Å². The van der Waals surface area contributed by atoms with Gasteiger partial charge in [0, 0.05) is 32.7 Å². The lowest BCUT2D eigenvalue weighted by Gasteiger charge is -2.29. The van der Waals surface area contributed by atoms with Crippen molar-refractivity contribution >= 4 is 23.4 Å². The highest BCUT2D eigenvalue weighted by molar-refractivity contribution is 6.31. The number of benzene rings is 1. The molecule has 0 bridgehead atoms. The van der Waals surface area contributed by atoms with Gasteiger partial charge in [0.25, 0.3) is 5.91 Å². The molecule has 1 atom stereocenters. The molecule has 0 fully saturated rings. The number of hydrogen-bond acceptors (Lipinski definition) is 4. The minimum absolute atomic E-state index is 0.0188. The summed E-state index contributed by atoms with van der Waals surface area (Å²) in [6, 6.07) is 1.10. The number of aromatic nitrogens is 2. The molecule has 0 spiro atoms. The number of halogens is 3. The Balaban J connectivity index is 2.13. The van der Waals surface area contributed by atoms with Crippen LogP contribution in [-0.4, -0.2) is 52.4 Å². The number of nitrogens with zero attached hydrogens (tertiary/aromatic N) is 3. The molecule has 1 aromatic heterocycles. The van der Waals surface area contributed by atoms with Gasteiger partial charge in [0.2, 0.25) is 5.91 Å². The molecule has 0 aliphatic carbocycles. The zero-order valence-corrected chi connectivity index (χ0v) is 20.3. The summed E-state index contributed by atoms with van der Waals surface area (Å²) >= 11 is 5.93. The third kappa shape index (κ3) is 5.19. The van der Waals surface area contributed by atoms with Crippen LogP contribution in [0.25, 0.3) is 11.4 Å². The van der Waals surface area contributed by atoms with E-state index in [1.54, 1.807) is 4.57 Å². The van der Waals surface area contributed by atoms with Crippen molar-refractivity contribution < 1.29 is 18.4 Å². The predicted octanol–water partition coefficient (Wildman–Crippen LogP) is 3.60.